The molecule has 1 aromatic rings. The van der Waals surface area contributed by atoms with Crippen LogP contribution in [0.4, 0.5) is 0 Å². The number of nitrogens with zero attached hydrogens (tertiary/aromatic N) is 1. The Balaban J connectivity index is 1.77. The van der Waals surface area contributed by atoms with Gasteiger partial charge in [0.1, 0.15) is 5.69 Å². The normalized spacial score (nSPS) is 26.1. The molecule has 1 aromatic heterocycles. The van der Waals surface area contributed by atoms with Crippen molar-refractivity contribution in [2.45, 2.75) is 11.9 Å². The average Bonchev–Trinajstić information content (AvgIpc) is 2.95. The Bertz CT molecular complexity index is 583. The van der Waals surface area contributed by atoms with E-state index < -0.39 is 0 Å². The van der Waals surface area contributed by atoms with Crippen LogP contribution in [0.2, 0.25) is 0 Å². The second-order valence-corrected chi connectivity index (χ2v) is 5.58. The molecule has 3 rings (SSSR count). The number of amides is 2. The maximum Gasteiger partial charge on any atom is 0.269 e. The number of carbonyl (C=O) groups is 2. The van der Waals surface area contributed by atoms with Gasteiger partial charge in [0, 0.05) is 30.5 Å². The Kier molecular flexibility index (Phi) is 3.82. The second-order valence-electron chi connectivity index (χ2n) is 5.31. The highest BCUT2D eigenvalue weighted by molar-refractivity contribution is 6.17. The van der Waals surface area contributed by atoms with Gasteiger partial charge in [0.2, 0.25) is 0 Å². The first-order valence-electron chi connectivity index (χ1n) is 6.81. The van der Waals surface area contributed by atoms with Gasteiger partial charge in [-0.2, -0.15) is 0 Å². The van der Waals surface area contributed by atoms with E-state index in [4.69, 9.17) is 16.3 Å². The van der Waals surface area contributed by atoms with E-state index in [1.54, 1.807) is 6.07 Å². The van der Waals surface area contributed by atoms with Gasteiger partial charge >= 0.3 is 0 Å². The largest absolute Gasteiger partial charge is 0.381 e. The lowest BCUT2D eigenvalue weighted by Gasteiger charge is -2.09. The summed E-state index contributed by atoms with van der Waals surface area (Å²) in [5, 5.41) is 5.48. The molecule has 112 valence electrons. The maximum absolute atomic E-state index is 12.3. The van der Waals surface area contributed by atoms with Gasteiger partial charge in [-0.15, -0.1) is 11.6 Å². The summed E-state index contributed by atoms with van der Waals surface area (Å²) in [6, 6.07) is 3.28. The van der Waals surface area contributed by atoms with E-state index in [0.717, 1.165) is 0 Å². The molecule has 2 aliphatic rings. The summed E-state index contributed by atoms with van der Waals surface area (Å²) >= 11 is 5.78. The minimum atomic E-state index is -0.340. The molecule has 1 aliphatic heterocycles. The number of halogens is 1. The fourth-order valence-electron chi connectivity index (χ4n) is 2.72. The second kappa shape index (κ2) is 5.61. The Hall–Kier alpha value is -1.66. The summed E-state index contributed by atoms with van der Waals surface area (Å²) in [5.74, 6) is 0.470. The molecule has 3 atom stereocenters. The Labute approximate surface area is 127 Å². The van der Waals surface area contributed by atoms with Crippen LogP contribution in [0.25, 0.3) is 0 Å². The molecule has 7 heteroatoms. The van der Waals surface area contributed by atoms with Crippen molar-refractivity contribution in [1.82, 2.24) is 15.6 Å². The summed E-state index contributed by atoms with van der Waals surface area (Å²) in [7, 11) is 1.52. The summed E-state index contributed by atoms with van der Waals surface area (Å²) in [6.45, 7) is 1.42. The molecule has 0 radical (unpaired) electrons. The van der Waals surface area contributed by atoms with Crippen molar-refractivity contribution in [3.8, 4) is 0 Å². The predicted octanol–water partition coefficient (Wildman–Crippen LogP) is 0.555. The molecule has 1 saturated heterocycles. The zero-order valence-electron chi connectivity index (χ0n) is 11.6. The van der Waals surface area contributed by atoms with E-state index in [1.807, 2.05) is 0 Å². The van der Waals surface area contributed by atoms with E-state index in [1.165, 1.54) is 13.1 Å². The van der Waals surface area contributed by atoms with Gasteiger partial charge in [-0.05, 0) is 12.1 Å². The smallest absolute Gasteiger partial charge is 0.269 e. The number of carbonyl (C=O) groups excluding carboxylic acids is 2. The van der Waals surface area contributed by atoms with Gasteiger partial charge in [-0.1, -0.05) is 0 Å². The zero-order valence-corrected chi connectivity index (χ0v) is 12.3. The number of alkyl halides is 1. The van der Waals surface area contributed by atoms with Crippen LogP contribution >= 0.6 is 11.6 Å². The first-order chi connectivity index (χ1) is 10.1. The monoisotopic (exact) mass is 309 g/mol. The summed E-state index contributed by atoms with van der Waals surface area (Å²) in [5.41, 5.74) is 1.10. The number of pyridine rings is 1. The number of aromatic nitrogens is 1. The van der Waals surface area contributed by atoms with Crippen molar-refractivity contribution < 1.29 is 14.3 Å². The van der Waals surface area contributed by atoms with E-state index in [9.17, 15) is 9.59 Å². The molecule has 2 amide bonds. The summed E-state index contributed by atoms with van der Waals surface area (Å²) in [6.07, 6.45) is 0. The molecule has 2 heterocycles. The van der Waals surface area contributed by atoms with Crippen LogP contribution in [0.15, 0.2) is 12.1 Å². The van der Waals surface area contributed by atoms with Crippen LogP contribution in [0.3, 0.4) is 0 Å². The van der Waals surface area contributed by atoms with Crippen molar-refractivity contribution in [2.75, 3.05) is 20.3 Å². The van der Waals surface area contributed by atoms with Crippen LogP contribution in [-0.2, 0) is 10.6 Å². The van der Waals surface area contributed by atoms with Gasteiger partial charge in [-0.25, -0.2) is 4.98 Å². The molecule has 21 heavy (non-hydrogen) atoms. The minimum absolute atomic E-state index is 0.146. The number of fused-ring (bicyclic) bond motifs is 1. The molecule has 1 saturated carbocycles. The third-order valence-electron chi connectivity index (χ3n) is 3.99. The molecule has 2 fully saturated rings. The Morgan fingerprint density at radius 2 is 2.05 bits per heavy atom. The lowest BCUT2D eigenvalue weighted by molar-refractivity contribution is 0.0928. The van der Waals surface area contributed by atoms with Crippen molar-refractivity contribution in [3.63, 3.8) is 0 Å². The lowest BCUT2D eigenvalue weighted by Crippen LogP contribution is -2.30. The van der Waals surface area contributed by atoms with Crippen LogP contribution < -0.4 is 10.6 Å². The highest BCUT2D eigenvalue weighted by atomic mass is 35.5. The van der Waals surface area contributed by atoms with Crippen LogP contribution in [0.5, 0.6) is 0 Å². The highest BCUT2D eigenvalue weighted by Crippen LogP contribution is 2.44. The van der Waals surface area contributed by atoms with E-state index in [-0.39, 0.29) is 29.4 Å². The number of nitrogens with one attached hydrogen (secondary N) is 2. The molecule has 1 aliphatic carbocycles. The van der Waals surface area contributed by atoms with Crippen molar-refractivity contribution in [2.24, 2.45) is 11.8 Å². The molecular weight excluding hydrogens is 294 g/mol. The quantitative estimate of drug-likeness (QED) is 0.796. The molecular formula is C14H16ClN3O3. The first kappa shape index (κ1) is 14.3. The first-order valence-corrected chi connectivity index (χ1v) is 7.35. The van der Waals surface area contributed by atoms with Gasteiger partial charge in [-0.3, -0.25) is 9.59 Å². The van der Waals surface area contributed by atoms with E-state index in [2.05, 4.69) is 15.6 Å². The van der Waals surface area contributed by atoms with Crippen molar-refractivity contribution in [3.05, 3.63) is 29.1 Å². The molecule has 0 spiro atoms. The number of ether oxygens (including phenoxy) is 1. The van der Waals surface area contributed by atoms with Crippen molar-refractivity contribution >= 4 is 23.4 Å². The van der Waals surface area contributed by atoms with Gasteiger partial charge < -0.3 is 15.4 Å². The SMILES string of the molecule is CNC(=O)c1cc(C(=O)N[C@H]2[C@@H]3COC[C@@H]32)cc(CCl)n1. The minimum Gasteiger partial charge on any atom is -0.381 e. The average molecular weight is 310 g/mol. The van der Waals surface area contributed by atoms with E-state index in [0.29, 0.717) is 36.3 Å². The lowest BCUT2D eigenvalue weighted by atomic mass is 10.1. The molecule has 6 nitrogen and oxygen atoms in total. The number of rotatable bonds is 4. The molecule has 0 bridgehead atoms. The van der Waals surface area contributed by atoms with Crippen LogP contribution in [0, 0.1) is 11.8 Å². The Morgan fingerprint density at radius 1 is 1.33 bits per heavy atom. The zero-order chi connectivity index (χ0) is 15.0. The number of hydrogen-bond acceptors (Lipinski definition) is 4. The fraction of sp³-hybridized carbons (Fsp3) is 0.500. The van der Waals surface area contributed by atoms with Crippen LogP contribution in [-0.4, -0.2) is 43.1 Å². The third-order valence-corrected chi connectivity index (χ3v) is 4.26. The Morgan fingerprint density at radius 3 is 2.67 bits per heavy atom. The van der Waals surface area contributed by atoms with Gasteiger partial charge in [0.25, 0.3) is 11.8 Å². The van der Waals surface area contributed by atoms with Gasteiger partial charge in [0.15, 0.2) is 0 Å². The van der Waals surface area contributed by atoms with Crippen LogP contribution in [0.1, 0.15) is 26.5 Å². The third kappa shape index (κ3) is 2.73. The summed E-state index contributed by atoms with van der Waals surface area (Å²) in [4.78, 5) is 28.1. The standard InChI is InChI=1S/C14H16ClN3O3/c1-16-14(20)11-3-7(2-8(4-15)17-11)13(19)18-12-9-5-21-6-10(9)12/h2-3,9-10,12H,4-6H2,1H3,(H,16,20)(H,18,19)/t9-,10+,12+. The van der Waals surface area contributed by atoms with Crippen molar-refractivity contribution in [1.29, 1.82) is 0 Å². The maximum atomic E-state index is 12.3. The fourth-order valence-corrected chi connectivity index (χ4v) is 2.86. The topological polar surface area (TPSA) is 80.3 Å². The summed E-state index contributed by atoms with van der Waals surface area (Å²) < 4.78 is 5.29. The molecule has 0 aromatic carbocycles. The van der Waals surface area contributed by atoms with Gasteiger partial charge in [0.05, 0.1) is 24.8 Å². The predicted molar refractivity (Wildman–Crippen MR) is 76.2 cm³/mol. The highest BCUT2D eigenvalue weighted by Gasteiger charge is 2.54. The molecule has 2 N–H and O–H groups in total. The van der Waals surface area contributed by atoms with E-state index >= 15 is 0 Å². The number of hydrogen-bond donors (Lipinski definition) is 2. The molecule has 0 unspecified atom stereocenters.